The number of hydrogen-bond donors (Lipinski definition) is 1. The van der Waals surface area contributed by atoms with Gasteiger partial charge in [-0.15, -0.1) is 0 Å². The van der Waals surface area contributed by atoms with E-state index >= 15 is 0 Å². The van der Waals surface area contributed by atoms with Gasteiger partial charge in [-0.3, -0.25) is 0 Å². The number of halogens is 2. The minimum Gasteiger partial charge on any atom is -0.343 e. The molecule has 1 heterocycles. The average molecular weight is 278 g/mol. The zero-order valence-electron chi connectivity index (χ0n) is 10.2. The quantitative estimate of drug-likeness (QED) is 0.800. The summed E-state index contributed by atoms with van der Waals surface area (Å²) in [6.07, 6.45) is 4.10. The minimum atomic E-state index is -0.878. The van der Waals surface area contributed by atoms with Crippen molar-refractivity contribution in [2.75, 3.05) is 0 Å². The van der Waals surface area contributed by atoms with Gasteiger partial charge in [-0.25, -0.2) is 13.8 Å². The third kappa shape index (κ3) is 2.30. The van der Waals surface area contributed by atoms with Gasteiger partial charge < -0.3 is 4.98 Å². The Labute approximate surface area is 114 Å². The summed E-state index contributed by atoms with van der Waals surface area (Å²) in [7, 11) is 0. The fourth-order valence-electron chi connectivity index (χ4n) is 2.40. The van der Waals surface area contributed by atoms with E-state index in [2.05, 4.69) is 9.97 Å². The van der Waals surface area contributed by atoms with E-state index < -0.39 is 11.6 Å². The molecule has 5 heteroatoms. The smallest absolute Gasteiger partial charge is 0.159 e. The lowest BCUT2D eigenvalue weighted by Gasteiger charge is -2.16. The van der Waals surface area contributed by atoms with Crippen LogP contribution in [0.25, 0.3) is 11.4 Å². The highest BCUT2D eigenvalue weighted by molar-refractivity contribution is 7.71. The Morgan fingerprint density at radius 3 is 2.68 bits per heavy atom. The van der Waals surface area contributed by atoms with Crippen molar-refractivity contribution in [2.45, 2.75) is 25.7 Å². The number of aromatic amines is 1. The van der Waals surface area contributed by atoms with Crippen molar-refractivity contribution in [3.05, 3.63) is 45.7 Å². The van der Waals surface area contributed by atoms with Crippen molar-refractivity contribution in [1.82, 2.24) is 9.97 Å². The van der Waals surface area contributed by atoms with Crippen molar-refractivity contribution in [3.8, 4) is 11.4 Å². The van der Waals surface area contributed by atoms with Crippen molar-refractivity contribution >= 4 is 12.2 Å². The second kappa shape index (κ2) is 4.81. The maximum absolute atomic E-state index is 13.3. The molecule has 1 N–H and O–H groups in total. The first kappa shape index (κ1) is 12.4. The van der Waals surface area contributed by atoms with Gasteiger partial charge in [0, 0.05) is 16.8 Å². The largest absolute Gasteiger partial charge is 0.343 e. The van der Waals surface area contributed by atoms with E-state index in [0.717, 1.165) is 49.1 Å². The molecule has 0 saturated carbocycles. The predicted molar refractivity (Wildman–Crippen MR) is 71.4 cm³/mol. The van der Waals surface area contributed by atoms with Crippen LogP contribution < -0.4 is 0 Å². The van der Waals surface area contributed by atoms with Gasteiger partial charge in [0.15, 0.2) is 11.6 Å². The molecule has 2 nitrogen and oxygen atoms in total. The predicted octanol–water partition coefficient (Wildman–Crippen LogP) is 3.96. The van der Waals surface area contributed by atoms with Crippen molar-refractivity contribution in [2.24, 2.45) is 0 Å². The molecule has 0 radical (unpaired) electrons. The number of aryl methyl sites for hydroxylation is 1. The molecule has 98 valence electrons. The second-order valence-electron chi connectivity index (χ2n) is 4.68. The van der Waals surface area contributed by atoms with Crippen molar-refractivity contribution in [1.29, 1.82) is 0 Å². The molecule has 0 unspecified atom stereocenters. The number of hydrogen-bond acceptors (Lipinski definition) is 2. The lowest BCUT2D eigenvalue weighted by molar-refractivity contribution is 0.509. The Kier molecular flexibility index (Phi) is 3.14. The molecule has 1 aliphatic rings. The summed E-state index contributed by atoms with van der Waals surface area (Å²) < 4.78 is 26.8. The van der Waals surface area contributed by atoms with Gasteiger partial charge in [-0.1, -0.05) is 12.2 Å². The summed E-state index contributed by atoms with van der Waals surface area (Å²) in [5, 5.41) is 0. The number of benzene rings is 1. The van der Waals surface area contributed by atoms with E-state index in [9.17, 15) is 8.78 Å². The fraction of sp³-hybridized carbons (Fsp3) is 0.286. The highest BCUT2D eigenvalue weighted by Crippen LogP contribution is 2.24. The Morgan fingerprint density at radius 1 is 1.11 bits per heavy atom. The lowest BCUT2D eigenvalue weighted by Crippen LogP contribution is -2.08. The molecule has 0 atom stereocenters. The Hall–Kier alpha value is -1.62. The van der Waals surface area contributed by atoms with Crippen molar-refractivity contribution in [3.63, 3.8) is 0 Å². The number of nitrogens with one attached hydrogen (secondary N) is 1. The molecular weight excluding hydrogens is 266 g/mol. The summed E-state index contributed by atoms with van der Waals surface area (Å²) in [5.74, 6) is -1.24. The van der Waals surface area contributed by atoms with Crippen LogP contribution in [0.3, 0.4) is 0 Å². The minimum absolute atomic E-state index is 0.504. The highest BCUT2D eigenvalue weighted by Gasteiger charge is 2.14. The van der Waals surface area contributed by atoms with Crippen LogP contribution in [-0.2, 0) is 12.8 Å². The second-order valence-corrected chi connectivity index (χ2v) is 5.07. The maximum atomic E-state index is 13.3. The number of H-pyrrole nitrogens is 1. The summed E-state index contributed by atoms with van der Waals surface area (Å²) >= 11 is 5.29. The summed E-state index contributed by atoms with van der Waals surface area (Å²) in [6, 6.07) is 3.74. The van der Waals surface area contributed by atoms with Crippen LogP contribution in [0.4, 0.5) is 8.78 Å². The summed E-state index contributed by atoms with van der Waals surface area (Å²) in [5.41, 5.74) is 2.68. The third-order valence-electron chi connectivity index (χ3n) is 3.40. The normalized spacial score (nSPS) is 14.2. The first-order valence-corrected chi connectivity index (χ1v) is 6.63. The molecule has 0 spiro atoms. The lowest BCUT2D eigenvalue weighted by atomic mass is 9.97. The Morgan fingerprint density at radius 2 is 1.89 bits per heavy atom. The average Bonchev–Trinajstić information content (AvgIpc) is 2.42. The van der Waals surface area contributed by atoms with E-state index in [4.69, 9.17) is 12.2 Å². The highest BCUT2D eigenvalue weighted by atomic mass is 32.1. The Bertz CT molecular complexity index is 694. The first-order valence-electron chi connectivity index (χ1n) is 6.22. The Balaban J connectivity index is 2.12. The number of aromatic nitrogens is 2. The van der Waals surface area contributed by atoms with Gasteiger partial charge in [0.2, 0.25) is 0 Å². The number of fused-ring (bicyclic) bond motifs is 1. The fourth-order valence-corrected chi connectivity index (χ4v) is 2.72. The van der Waals surface area contributed by atoms with Crippen LogP contribution >= 0.6 is 12.2 Å². The molecule has 19 heavy (non-hydrogen) atoms. The zero-order valence-corrected chi connectivity index (χ0v) is 11.0. The van der Waals surface area contributed by atoms with Gasteiger partial charge >= 0.3 is 0 Å². The molecule has 1 aromatic heterocycles. The molecule has 0 fully saturated rings. The van der Waals surface area contributed by atoms with E-state index in [1.54, 1.807) is 0 Å². The summed E-state index contributed by atoms with van der Waals surface area (Å²) in [4.78, 5) is 7.50. The van der Waals surface area contributed by atoms with Crippen LogP contribution in [0.1, 0.15) is 24.1 Å². The van der Waals surface area contributed by atoms with Crippen LogP contribution in [0, 0.1) is 16.3 Å². The van der Waals surface area contributed by atoms with Gasteiger partial charge in [-0.2, -0.15) is 0 Å². The van der Waals surface area contributed by atoms with Gasteiger partial charge in [0.25, 0.3) is 0 Å². The van der Waals surface area contributed by atoms with Crippen LogP contribution in [0.15, 0.2) is 18.2 Å². The molecular formula is C14H12F2N2S. The standard InChI is InChI=1S/C14H12F2N2S/c15-10-6-5-8(7-11(10)16)13-17-12-4-2-1-3-9(12)14(19)18-13/h5-7H,1-4H2,(H,17,18,19). The molecule has 1 aliphatic carbocycles. The number of rotatable bonds is 1. The van der Waals surface area contributed by atoms with E-state index in [-0.39, 0.29) is 0 Å². The SMILES string of the molecule is Fc1ccc(-c2nc(=S)c3c([nH]2)CCCC3)cc1F. The first-order chi connectivity index (χ1) is 9.15. The molecule has 3 rings (SSSR count). The van der Waals surface area contributed by atoms with Gasteiger partial charge in [0.05, 0.1) is 0 Å². The maximum Gasteiger partial charge on any atom is 0.159 e. The molecule has 0 amide bonds. The van der Waals surface area contributed by atoms with E-state index in [0.29, 0.717) is 16.0 Å². The van der Waals surface area contributed by atoms with Crippen LogP contribution in [-0.4, -0.2) is 9.97 Å². The molecule has 0 aliphatic heterocycles. The van der Waals surface area contributed by atoms with E-state index in [1.807, 2.05) is 0 Å². The monoisotopic (exact) mass is 278 g/mol. The molecule has 1 aromatic carbocycles. The summed E-state index contributed by atoms with van der Waals surface area (Å²) in [6.45, 7) is 0. The van der Waals surface area contributed by atoms with Crippen LogP contribution in [0.5, 0.6) is 0 Å². The topological polar surface area (TPSA) is 28.7 Å². The van der Waals surface area contributed by atoms with Gasteiger partial charge in [-0.05, 0) is 43.9 Å². The molecule has 2 aromatic rings. The van der Waals surface area contributed by atoms with Crippen LogP contribution in [0.2, 0.25) is 0 Å². The van der Waals surface area contributed by atoms with Crippen molar-refractivity contribution < 1.29 is 8.78 Å². The van der Waals surface area contributed by atoms with E-state index in [1.165, 1.54) is 6.07 Å². The molecule has 0 saturated heterocycles. The van der Waals surface area contributed by atoms with Gasteiger partial charge in [0.1, 0.15) is 10.5 Å². The third-order valence-corrected chi connectivity index (χ3v) is 3.74. The molecule has 0 bridgehead atoms. The zero-order chi connectivity index (χ0) is 13.4. The number of nitrogens with zero attached hydrogens (tertiary/aromatic N) is 1.